The van der Waals surface area contributed by atoms with Gasteiger partial charge >= 0.3 is 0 Å². The number of thiophene rings is 1. The summed E-state index contributed by atoms with van der Waals surface area (Å²) in [6.07, 6.45) is 5.47. The summed E-state index contributed by atoms with van der Waals surface area (Å²) in [6.45, 7) is 2.77. The maximum atomic E-state index is 11.6. The van der Waals surface area contributed by atoms with E-state index in [2.05, 4.69) is 10.5 Å². The lowest BCUT2D eigenvalue weighted by Crippen LogP contribution is -3.13. The summed E-state index contributed by atoms with van der Waals surface area (Å²) < 4.78 is 0. The maximum Gasteiger partial charge on any atom is 0.295 e. The van der Waals surface area contributed by atoms with Crippen molar-refractivity contribution >= 4 is 23.5 Å². The highest BCUT2D eigenvalue weighted by Crippen LogP contribution is 2.03. The normalized spacial score (nSPS) is 17.4. The van der Waals surface area contributed by atoms with Crippen molar-refractivity contribution in [3.8, 4) is 0 Å². The van der Waals surface area contributed by atoms with E-state index in [1.54, 1.807) is 17.6 Å². The van der Waals surface area contributed by atoms with Crippen LogP contribution in [0.3, 0.4) is 0 Å². The second-order valence-corrected chi connectivity index (χ2v) is 5.28. The standard InChI is InChI=1S/C12H17N3OS/c16-12(10-15-6-2-1-3-7-15)14-13-9-11-5-4-8-17-11/h4-5,8-9H,1-3,6-7,10H2,(H,14,16)/p+1/b13-9-. The van der Waals surface area contributed by atoms with Gasteiger partial charge in [0.25, 0.3) is 5.91 Å². The summed E-state index contributed by atoms with van der Waals surface area (Å²) in [6, 6.07) is 3.93. The second kappa shape index (κ2) is 6.51. The molecule has 1 fully saturated rings. The number of hydrogen-bond acceptors (Lipinski definition) is 3. The van der Waals surface area contributed by atoms with Crippen molar-refractivity contribution in [2.24, 2.45) is 5.10 Å². The van der Waals surface area contributed by atoms with E-state index in [-0.39, 0.29) is 5.91 Å². The molecule has 1 saturated heterocycles. The Bertz CT molecular complexity index is 369. The molecule has 0 aromatic carbocycles. The molecular weight excluding hydrogens is 234 g/mol. The van der Waals surface area contributed by atoms with E-state index in [1.807, 2.05) is 17.5 Å². The molecule has 92 valence electrons. The molecule has 5 heteroatoms. The predicted octanol–water partition coefficient (Wildman–Crippen LogP) is 0.267. The van der Waals surface area contributed by atoms with Gasteiger partial charge in [0.1, 0.15) is 0 Å². The first kappa shape index (κ1) is 12.3. The highest BCUT2D eigenvalue weighted by atomic mass is 32.1. The zero-order valence-corrected chi connectivity index (χ0v) is 10.6. The number of hydrogen-bond donors (Lipinski definition) is 2. The molecule has 2 rings (SSSR count). The van der Waals surface area contributed by atoms with Crippen molar-refractivity contribution in [2.45, 2.75) is 19.3 Å². The molecule has 1 aromatic rings. The molecule has 1 aliphatic heterocycles. The van der Waals surface area contributed by atoms with E-state index in [0.29, 0.717) is 6.54 Å². The zero-order valence-electron chi connectivity index (χ0n) is 9.82. The highest BCUT2D eigenvalue weighted by molar-refractivity contribution is 7.11. The largest absolute Gasteiger partial charge is 0.327 e. The summed E-state index contributed by atoms with van der Waals surface area (Å²) in [4.78, 5) is 14.0. The molecule has 1 aliphatic rings. The van der Waals surface area contributed by atoms with Gasteiger partial charge < -0.3 is 4.90 Å². The third-order valence-corrected chi connectivity index (χ3v) is 3.70. The molecule has 0 aliphatic carbocycles. The average molecular weight is 252 g/mol. The van der Waals surface area contributed by atoms with Gasteiger partial charge in [0, 0.05) is 4.88 Å². The molecule has 4 nitrogen and oxygen atoms in total. The minimum absolute atomic E-state index is 0.00899. The Morgan fingerprint density at radius 3 is 3.00 bits per heavy atom. The van der Waals surface area contributed by atoms with Crippen molar-refractivity contribution in [1.82, 2.24) is 5.43 Å². The number of amides is 1. The first-order valence-electron chi connectivity index (χ1n) is 6.03. The van der Waals surface area contributed by atoms with Crippen molar-refractivity contribution < 1.29 is 9.69 Å². The lowest BCUT2D eigenvalue weighted by molar-refractivity contribution is -0.896. The van der Waals surface area contributed by atoms with Crippen LogP contribution >= 0.6 is 11.3 Å². The average Bonchev–Trinajstić information content (AvgIpc) is 2.83. The molecular formula is C12H18N3OS+. The molecule has 2 heterocycles. The number of likely N-dealkylation sites (tertiary alicyclic amines) is 1. The van der Waals surface area contributed by atoms with Crippen LogP contribution in [0.1, 0.15) is 24.1 Å². The number of hydrazone groups is 1. The minimum atomic E-state index is 0.00899. The van der Waals surface area contributed by atoms with E-state index >= 15 is 0 Å². The first-order valence-corrected chi connectivity index (χ1v) is 6.91. The van der Waals surface area contributed by atoms with E-state index in [0.717, 1.165) is 18.0 Å². The number of quaternary nitrogens is 1. The predicted molar refractivity (Wildman–Crippen MR) is 69.5 cm³/mol. The Morgan fingerprint density at radius 2 is 2.29 bits per heavy atom. The van der Waals surface area contributed by atoms with E-state index < -0.39 is 0 Å². The van der Waals surface area contributed by atoms with Crippen LogP contribution < -0.4 is 10.3 Å². The van der Waals surface area contributed by atoms with Crippen LogP contribution in [0.15, 0.2) is 22.6 Å². The first-order chi connectivity index (χ1) is 8.34. The molecule has 0 bridgehead atoms. The fourth-order valence-electron chi connectivity index (χ4n) is 2.03. The van der Waals surface area contributed by atoms with Crippen LogP contribution in [0.4, 0.5) is 0 Å². The van der Waals surface area contributed by atoms with Crippen LogP contribution in [0.25, 0.3) is 0 Å². The monoisotopic (exact) mass is 252 g/mol. The number of rotatable bonds is 4. The van der Waals surface area contributed by atoms with E-state index in [1.165, 1.54) is 24.2 Å². The Hall–Kier alpha value is -1.20. The lowest BCUT2D eigenvalue weighted by Gasteiger charge is -2.22. The molecule has 1 amide bonds. The SMILES string of the molecule is O=C(C[NH+]1CCCCC1)N/N=C\c1cccs1. The summed E-state index contributed by atoms with van der Waals surface area (Å²) in [5.74, 6) is 0.00899. The summed E-state index contributed by atoms with van der Waals surface area (Å²) >= 11 is 1.60. The topological polar surface area (TPSA) is 45.9 Å². The molecule has 17 heavy (non-hydrogen) atoms. The third-order valence-electron chi connectivity index (χ3n) is 2.90. The second-order valence-electron chi connectivity index (χ2n) is 4.30. The Labute approximate surface area is 105 Å². The van der Waals surface area contributed by atoms with E-state index in [4.69, 9.17) is 0 Å². The van der Waals surface area contributed by atoms with Gasteiger partial charge in [-0.15, -0.1) is 11.3 Å². The molecule has 0 unspecified atom stereocenters. The van der Waals surface area contributed by atoms with Crippen molar-refractivity contribution in [1.29, 1.82) is 0 Å². The molecule has 0 atom stereocenters. The Morgan fingerprint density at radius 1 is 1.47 bits per heavy atom. The van der Waals surface area contributed by atoms with Crippen LogP contribution in [-0.2, 0) is 4.79 Å². The maximum absolute atomic E-state index is 11.6. The van der Waals surface area contributed by atoms with Crippen LogP contribution in [0, 0.1) is 0 Å². The summed E-state index contributed by atoms with van der Waals surface area (Å²) in [7, 11) is 0. The Kier molecular flexibility index (Phi) is 4.70. The van der Waals surface area contributed by atoms with Gasteiger partial charge in [0.2, 0.25) is 0 Å². The van der Waals surface area contributed by atoms with Gasteiger partial charge in [-0.25, -0.2) is 5.43 Å². The van der Waals surface area contributed by atoms with Gasteiger partial charge in [-0.05, 0) is 30.7 Å². The zero-order chi connectivity index (χ0) is 11.9. The lowest BCUT2D eigenvalue weighted by atomic mass is 10.1. The minimum Gasteiger partial charge on any atom is -0.327 e. The molecule has 0 radical (unpaired) electrons. The van der Waals surface area contributed by atoms with Crippen LogP contribution in [0.2, 0.25) is 0 Å². The molecule has 2 N–H and O–H groups in total. The van der Waals surface area contributed by atoms with Crippen LogP contribution in [0.5, 0.6) is 0 Å². The van der Waals surface area contributed by atoms with Crippen molar-refractivity contribution in [2.75, 3.05) is 19.6 Å². The molecule has 0 saturated carbocycles. The number of carbonyl (C=O) groups excluding carboxylic acids is 1. The molecule has 1 aromatic heterocycles. The summed E-state index contributed by atoms with van der Waals surface area (Å²) in [5, 5.41) is 5.94. The number of nitrogens with one attached hydrogen (secondary N) is 2. The van der Waals surface area contributed by atoms with Crippen molar-refractivity contribution in [3.05, 3.63) is 22.4 Å². The van der Waals surface area contributed by atoms with Gasteiger partial charge in [-0.3, -0.25) is 4.79 Å². The number of piperidine rings is 1. The quantitative estimate of drug-likeness (QED) is 0.586. The highest BCUT2D eigenvalue weighted by Gasteiger charge is 2.16. The summed E-state index contributed by atoms with van der Waals surface area (Å²) in [5.41, 5.74) is 2.58. The van der Waals surface area contributed by atoms with Crippen LogP contribution in [-0.4, -0.2) is 31.8 Å². The molecule has 0 spiro atoms. The van der Waals surface area contributed by atoms with Gasteiger partial charge in [0.05, 0.1) is 19.3 Å². The van der Waals surface area contributed by atoms with Gasteiger partial charge in [-0.2, -0.15) is 5.10 Å². The smallest absolute Gasteiger partial charge is 0.295 e. The fraction of sp³-hybridized carbons (Fsp3) is 0.500. The number of carbonyl (C=O) groups is 1. The Balaban J connectivity index is 1.70. The van der Waals surface area contributed by atoms with Gasteiger partial charge in [0.15, 0.2) is 6.54 Å². The third kappa shape index (κ3) is 4.28. The van der Waals surface area contributed by atoms with E-state index in [9.17, 15) is 4.79 Å². The van der Waals surface area contributed by atoms with Gasteiger partial charge in [-0.1, -0.05) is 6.07 Å². The fourth-order valence-corrected chi connectivity index (χ4v) is 2.61. The van der Waals surface area contributed by atoms with Crippen molar-refractivity contribution in [3.63, 3.8) is 0 Å². The number of nitrogens with zero attached hydrogens (tertiary/aromatic N) is 1.